The fraction of sp³-hybridized carbons (Fsp3) is 0.375. The molecule has 3 rings (SSSR count). The first-order valence-electron chi connectivity index (χ1n) is 14.2. The maximum absolute atomic E-state index is 14.0. The third-order valence-corrected chi connectivity index (χ3v) is 8.57. The molecule has 0 saturated heterocycles. The highest BCUT2D eigenvalue weighted by molar-refractivity contribution is 7.92. The van der Waals surface area contributed by atoms with Gasteiger partial charge >= 0.3 is 0 Å². The second kappa shape index (κ2) is 16.0. The summed E-state index contributed by atoms with van der Waals surface area (Å²) in [5, 5.41) is 3.70. The molecule has 3 aromatic rings. The van der Waals surface area contributed by atoms with Crippen LogP contribution in [0.3, 0.4) is 0 Å². The van der Waals surface area contributed by atoms with Gasteiger partial charge in [0.05, 0.1) is 18.6 Å². The van der Waals surface area contributed by atoms with Crippen LogP contribution in [-0.2, 0) is 32.6 Å². The maximum atomic E-state index is 14.0. The molecule has 0 aliphatic carbocycles. The molecule has 0 bridgehead atoms. The third-order valence-electron chi connectivity index (χ3n) is 6.68. The molecule has 0 saturated carbocycles. The van der Waals surface area contributed by atoms with Gasteiger partial charge in [-0.05, 0) is 57.0 Å². The lowest BCUT2D eigenvalue weighted by Crippen LogP contribution is -2.52. The van der Waals surface area contributed by atoms with Gasteiger partial charge in [0.2, 0.25) is 21.8 Å². The lowest BCUT2D eigenvalue weighted by Gasteiger charge is -2.33. The minimum absolute atomic E-state index is 0.00329. The first kappa shape index (κ1) is 34.2. The molecule has 0 spiro atoms. The third kappa shape index (κ3) is 9.88. The maximum Gasteiger partial charge on any atom is 0.243 e. The molecular weight excluding hydrogens is 609 g/mol. The van der Waals surface area contributed by atoms with Gasteiger partial charge in [0.15, 0.2) is 0 Å². The van der Waals surface area contributed by atoms with Gasteiger partial charge in [-0.3, -0.25) is 13.9 Å². The van der Waals surface area contributed by atoms with Crippen LogP contribution in [0.5, 0.6) is 5.75 Å². The number of anilines is 1. The number of carbonyl (C=O) groups is 2. The van der Waals surface area contributed by atoms with Crippen molar-refractivity contribution in [3.8, 4) is 5.75 Å². The van der Waals surface area contributed by atoms with Crippen LogP contribution in [0.15, 0.2) is 72.8 Å². The van der Waals surface area contributed by atoms with Crippen molar-refractivity contribution in [3.63, 3.8) is 0 Å². The molecule has 11 heteroatoms. The van der Waals surface area contributed by atoms with Crippen molar-refractivity contribution in [2.45, 2.75) is 58.7 Å². The number of nitrogens with one attached hydrogen (secondary N) is 1. The van der Waals surface area contributed by atoms with E-state index in [1.54, 1.807) is 42.5 Å². The molecule has 43 heavy (non-hydrogen) atoms. The Morgan fingerprint density at radius 3 is 2.16 bits per heavy atom. The largest absolute Gasteiger partial charge is 0.492 e. The zero-order chi connectivity index (χ0) is 31.6. The Hall–Kier alpha value is -3.27. The lowest BCUT2D eigenvalue weighted by molar-refractivity contribution is -0.141. The summed E-state index contributed by atoms with van der Waals surface area (Å²) >= 11 is 13.0. The van der Waals surface area contributed by atoms with Crippen LogP contribution in [0.2, 0.25) is 10.0 Å². The summed E-state index contributed by atoms with van der Waals surface area (Å²) in [5.74, 6) is -0.203. The van der Waals surface area contributed by atoms with Crippen LogP contribution in [-0.4, -0.2) is 56.6 Å². The van der Waals surface area contributed by atoms with E-state index in [0.717, 1.165) is 11.8 Å². The van der Waals surface area contributed by atoms with Crippen LogP contribution < -0.4 is 14.4 Å². The molecule has 0 heterocycles. The number of nitrogens with zero attached hydrogens (tertiary/aromatic N) is 2. The van der Waals surface area contributed by atoms with E-state index in [1.165, 1.54) is 9.21 Å². The lowest BCUT2D eigenvalue weighted by atomic mass is 10.0. The average molecular weight is 649 g/mol. The van der Waals surface area contributed by atoms with Gasteiger partial charge in [-0.25, -0.2) is 8.42 Å². The van der Waals surface area contributed by atoms with Gasteiger partial charge in [-0.15, -0.1) is 0 Å². The highest BCUT2D eigenvalue weighted by Crippen LogP contribution is 2.31. The Labute approximate surface area is 265 Å². The molecular formula is C32H39Cl2N3O5S. The minimum Gasteiger partial charge on any atom is -0.492 e. The van der Waals surface area contributed by atoms with Crippen molar-refractivity contribution in [2.75, 3.05) is 23.7 Å². The monoisotopic (exact) mass is 647 g/mol. The smallest absolute Gasteiger partial charge is 0.243 e. The number of benzene rings is 3. The Bertz CT molecular complexity index is 1470. The van der Waals surface area contributed by atoms with Crippen LogP contribution in [0, 0.1) is 0 Å². The number of hydrogen-bond acceptors (Lipinski definition) is 5. The number of hydrogen-bond donors (Lipinski definition) is 1. The molecule has 0 radical (unpaired) electrons. The Balaban J connectivity index is 1.94. The molecule has 232 valence electrons. The molecule has 0 aliphatic rings. The number of sulfonamides is 1. The van der Waals surface area contributed by atoms with E-state index in [1.807, 2.05) is 51.1 Å². The van der Waals surface area contributed by atoms with Crippen LogP contribution in [0.25, 0.3) is 0 Å². The van der Waals surface area contributed by atoms with E-state index < -0.39 is 16.1 Å². The van der Waals surface area contributed by atoms with Gasteiger partial charge in [-0.1, -0.05) is 71.7 Å². The number of amides is 2. The van der Waals surface area contributed by atoms with Gasteiger partial charge < -0.3 is 15.0 Å². The number of halogens is 2. The summed E-state index contributed by atoms with van der Waals surface area (Å²) in [7, 11) is -3.69. The van der Waals surface area contributed by atoms with Crippen molar-refractivity contribution < 1.29 is 22.7 Å². The fourth-order valence-electron chi connectivity index (χ4n) is 4.71. The molecule has 0 aromatic heterocycles. The zero-order valence-corrected chi connectivity index (χ0v) is 27.3. The Kier molecular flexibility index (Phi) is 12.7. The Morgan fingerprint density at radius 1 is 0.930 bits per heavy atom. The number of para-hydroxylation sites is 2. The first-order valence-corrected chi connectivity index (χ1v) is 16.8. The van der Waals surface area contributed by atoms with E-state index in [-0.39, 0.29) is 50.2 Å². The first-order chi connectivity index (χ1) is 20.4. The number of rotatable bonds is 15. The van der Waals surface area contributed by atoms with Crippen LogP contribution in [0.4, 0.5) is 5.69 Å². The van der Waals surface area contributed by atoms with E-state index in [2.05, 4.69) is 5.32 Å². The predicted octanol–water partition coefficient (Wildman–Crippen LogP) is 6.10. The molecule has 0 fully saturated rings. The normalized spacial score (nSPS) is 12.1. The van der Waals surface area contributed by atoms with E-state index in [0.29, 0.717) is 33.7 Å². The van der Waals surface area contributed by atoms with Crippen LogP contribution >= 0.6 is 23.2 Å². The van der Waals surface area contributed by atoms with E-state index >= 15 is 0 Å². The van der Waals surface area contributed by atoms with Gasteiger partial charge in [0.1, 0.15) is 11.8 Å². The summed E-state index contributed by atoms with van der Waals surface area (Å²) in [6, 6.07) is 20.4. The summed E-state index contributed by atoms with van der Waals surface area (Å²) in [5.41, 5.74) is 1.81. The Morgan fingerprint density at radius 2 is 1.56 bits per heavy atom. The zero-order valence-electron chi connectivity index (χ0n) is 24.9. The summed E-state index contributed by atoms with van der Waals surface area (Å²) in [4.78, 5) is 29.1. The topological polar surface area (TPSA) is 96.0 Å². The molecule has 0 unspecified atom stereocenters. The van der Waals surface area contributed by atoms with Crippen molar-refractivity contribution >= 4 is 50.7 Å². The van der Waals surface area contributed by atoms with Gasteiger partial charge in [-0.2, -0.15) is 0 Å². The second-order valence-electron chi connectivity index (χ2n) is 10.4. The van der Waals surface area contributed by atoms with Crippen LogP contribution in [0.1, 0.15) is 44.7 Å². The quantitative estimate of drug-likeness (QED) is 0.215. The molecule has 8 nitrogen and oxygen atoms in total. The van der Waals surface area contributed by atoms with Crippen molar-refractivity contribution in [3.05, 3.63) is 94.0 Å². The molecule has 1 N–H and O–H groups in total. The summed E-state index contributed by atoms with van der Waals surface area (Å²) in [6.45, 7) is 5.94. The standard InChI is InChI=1S/C32H39Cl2N3O5S/c1-5-42-30-18-10-9-17-28(30)37(43(4,40)41)20-12-19-31(38)36(22-25-26(33)15-11-16-27(25)34)29(32(39)35-23(2)3)21-24-13-7-6-8-14-24/h6-11,13-18,23,29H,5,12,19-22H2,1-4H3,(H,35,39)/t29-/m0/s1. The van der Waals surface area contributed by atoms with Crippen molar-refractivity contribution in [1.29, 1.82) is 0 Å². The second-order valence-corrected chi connectivity index (χ2v) is 13.2. The summed E-state index contributed by atoms with van der Waals surface area (Å²) in [6.07, 6.45) is 1.56. The van der Waals surface area contributed by atoms with E-state index in [9.17, 15) is 18.0 Å². The summed E-state index contributed by atoms with van der Waals surface area (Å²) < 4.78 is 32.5. The highest BCUT2D eigenvalue weighted by Gasteiger charge is 2.32. The molecule has 3 aromatic carbocycles. The van der Waals surface area contributed by atoms with E-state index in [4.69, 9.17) is 27.9 Å². The van der Waals surface area contributed by atoms with Gasteiger partial charge in [0.25, 0.3) is 0 Å². The average Bonchev–Trinajstić information content (AvgIpc) is 2.94. The number of carbonyl (C=O) groups excluding carboxylic acids is 2. The molecule has 2 amide bonds. The van der Waals surface area contributed by atoms with Crippen molar-refractivity contribution in [1.82, 2.24) is 10.2 Å². The molecule has 1 atom stereocenters. The number of ether oxygens (including phenoxy) is 1. The molecule has 0 aliphatic heterocycles. The van der Waals surface area contributed by atoms with Crippen molar-refractivity contribution in [2.24, 2.45) is 0 Å². The minimum atomic E-state index is -3.69. The predicted molar refractivity (Wildman–Crippen MR) is 173 cm³/mol. The van der Waals surface area contributed by atoms with Gasteiger partial charge in [0, 0.05) is 47.6 Å². The SMILES string of the molecule is CCOc1ccccc1N(CCCC(=O)N(Cc1c(Cl)cccc1Cl)[C@@H](Cc1ccccc1)C(=O)NC(C)C)S(C)(=O)=O. The fourth-order valence-corrected chi connectivity index (χ4v) is 6.20. The highest BCUT2D eigenvalue weighted by atomic mass is 35.5.